The lowest BCUT2D eigenvalue weighted by Gasteiger charge is -2.37. The lowest BCUT2D eigenvalue weighted by atomic mass is 10.1. The molecule has 3 aliphatic heterocycles. The molecule has 9 nitrogen and oxygen atoms in total. The quantitative estimate of drug-likeness (QED) is 0.680. The van der Waals surface area contributed by atoms with E-state index in [9.17, 15) is 4.79 Å². The van der Waals surface area contributed by atoms with Crippen LogP contribution in [0.2, 0.25) is 0 Å². The molecule has 0 bridgehead atoms. The third-order valence-corrected chi connectivity index (χ3v) is 6.12. The Kier molecular flexibility index (Phi) is 5.45. The predicted molar refractivity (Wildman–Crippen MR) is 116 cm³/mol. The standard InChI is InChI=1S/C22H27N5O4/c1-14-12-29-9-6-26(14)21-17-3-4-18(16-5-8-31-19(16)11-28)23-20(17)24-22(25-21)27-7-10-30-13-15(27)2/h3-4,11,14-15H,5-10,12-13H2,1-2H3/t14-,15?/m0/s1. The van der Waals surface area contributed by atoms with Crippen molar-refractivity contribution in [2.45, 2.75) is 32.4 Å². The van der Waals surface area contributed by atoms with Crippen LogP contribution in [0.25, 0.3) is 16.6 Å². The Morgan fingerprint density at radius 3 is 2.42 bits per heavy atom. The van der Waals surface area contributed by atoms with Crippen molar-refractivity contribution in [3.05, 3.63) is 23.6 Å². The second-order valence-corrected chi connectivity index (χ2v) is 8.21. The van der Waals surface area contributed by atoms with Gasteiger partial charge in [0.25, 0.3) is 0 Å². The van der Waals surface area contributed by atoms with Crippen molar-refractivity contribution in [1.82, 2.24) is 15.0 Å². The number of pyridine rings is 1. The summed E-state index contributed by atoms with van der Waals surface area (Å²) >= 11 is 0. The van der Waals surface area contributed by atoms with E-state index in [0.717, 1.165) is 41.8 Å². The number of allylic oxidation sites excluding steroid dienone is 1. The minimum Gasteiger partial charge on any atom is -0.489 e. The Morgan fingerprint density at radius 1 is 0.968 bits per heavy atom. The second-order valence-electron chi connectivity index (χ2n) is 8.21. The average molecular weight is 425 g/mol. The van der Waals surface area contributed by atoms with Gasteiger partial charge in [0.1, 0.15) is 5.82 Å². The van der Waals surface area contributed by atoms with Crippen LogP contribution in [-0.2, 0) is 19.0 Å². The van der Waals surface area contributed by atoms with Crippen molar-refractivity contribution in [2.75, 3.05) is 55.9 Å². The van der Waals surface area contributed by atoms with E-state index in [-0.39, 0.29) is 12.1 Å². The van der Waals surface area contributed by atoms with E-state index in [2.05, 4.69) is 23.6 Å². The molecule has 0 spiro atoms. The number of aromatic nitrogens is 3. The summed E-state index contributed by atoms with van der Waals surface area (Å²) < 4.78 is 16.7. The Bertz CT molecular complexity index is 1030. The van der Waals surface area contributed by atoms with Crippen molar-refractivity contribution in [1.29, 1.82) is 0 Å². The van der Waals surface area contributed by atoms with Crippen LogP contribution in [-0.4, -0.2) is 79.4 Å². The first-order valence-electron chi connectivity index (χ1n) is 10.8. The molecule has 2 saturated heterocycles. The molecule has 0 saturated carbocycles. The normalized spacial score (nSPS) is 24.6. The van der Waals surface area contributed by atoms with Gasteiger partial charge in [0.15, 0.2) is 17.7 Å². The van der Waals surface area contributed by atoms with Gasteiger partial charge < -0.3 is 24.0 Å². The maximum atomic E-state index is 11.4. The Labute approximate surface area is 181 Å². The second kappa shape index (κ2) is 8.39. The highest BCUT2D eigenvalue weighted by atomic mass is 16.5. The first-order chi connectivity index (χ1) is 15.2. The van der Waals surface area contributed by atoms with Crippen LogP contribution in [0.1, 0.15) is 26.0 Å². The van der Waals surface area contributed by atoms with E-state index in [0.29, 0.717) is 56.8 Å². The number of aldehydes is 1. The Hall–Kier alpha value is -2.78. The summed E-state index contributed by atoms with van der Waals surface area (Å²) in [6.07, 6.45) is 1.42. The molecule has 2 fully saturated rings. The number of carbonyl (C=O) groups is 1. The highest BCUT2D eigenvalue weighted by Crippen LogP contribution is 2.32. The molecule has 2 atom stereocenters. The fourth-order valence-corrected chi connectivity index (χ4v) is 4.40. The fraction of sp³-hybridized carbons (Fsp3) is 0.545. The SMILES string of the molecule is CC1COCCN1c1nc(N2CCOC[C@@H]2C)c2ccc(C3=C(C=O)OCC3)nc2n1. The van der Waals surface area contributed by atoms with Crippen LogP contribution in [0.4, 0.5) is 11.8 Å². The molecule has 0 amide bonds. The van der Waals surface area contributed by atoms with Crippen molar-refractivity contribution in [3.63, 3.8) is 0 Å². The van der Waals surface area contributed by atoms with E-state index in [1.807, 2.05) is 12.1 Å². The number of fused-ring (bicyclic) bond motifs is 1. The topological polar surface area (TPSA) is 89.9 Å². The molecule has 1 unspecified atom stereocenters. The molecule has 31 heavy (non-hydrogen) atoms. The summed E-state index contributed by atoms with van der Waals surface area (Å²) in [5.41, 5.74) is 2.19. The molecule has 5 rings (SSSR count). The third kappa shape index (κ3) is 3.72. The van der Waals surface area contributed by atoms with E-state index in [1.165, 1.54) is 0 Å². The molecular weight excluding hydrogens is 398 g/mol. The van der Waals surface area contributed by atoms with Crippen molar-refractivity contribution in [3.8, 4) is 0 Å². The van der Waals surface area contributed by atoms with Gasteiger partial charge in [-0.05, 0) is 26.0 Å². The smallest absolute Gasteiger partial charge is 0.229 e. The number of morpholine rings is 2. The molecule has 5 heterocycles. The average Bonchev–Trinajstić information content (AvgIpc) is 3.28. The molecule has 0 radical (unpaired) electrons. The molecule has 3 aliphatic rings. The van der Waals surface area contributed by atoms with Crippen LogP contribution in [0.5, 0.6) is 0 Å². The van der Waals surface area contributed by atoms with E-state index < -0.39 is 0 Å². The number of rotatable bonds is 4. The van der Waals surface area contributed by atoms with Crippen molar-refractivity contribution in [2.24, 2.45) is 0 Å². The number of hydrogen-bond acceptors (Lipinski definition) is 9. The summed E-state index contributed by atoms with van der Waals surface area (Å²) in [5, 5.41) is 0.898. The molecule has 9 heteroatoms. The zero-order valence-corrected chi connectivity index (χ0v) is 17.9. The highest BCUT2D eigenvalue weighted by molar-refractivity contribution is 5.92. The largest absolute Gasteiger partial charge is 0.489 e. The van der Waals surface area contributed by atoms with E-state index in [4.69, 9.17) is 29.2 Å². The third-order valence-electron chi connectivity index (χ3n) is 6.12. The summed E-state index contributed by atoms with van der Waals surface area (Å²) in [4.78, 5) is 30.5. The molecule has 2 aromatic heterocycles. The van der Waals surface area contributed by atoms with Gasteiger partial charge in [0.05, 0.1) is 56.2 Å². The van der Waals surface area contributed by atoms with Crippen LogP contribution in [0, 0.1) is 0 Å². The molecule has 164 valence electrons. The van der Waals surface area contributed by atoms with Crippen molar-refractivity contribution < 1.29 is 19.0 Å². The van der Waals surface area contributed by atoms with Gasteiger partial charge in [-0.15, -0.1) is 0 Å². The lowest BCUT2D eigenvalue weighted by molar-refractivity contribution is -0.107. The van der Waals surface area contributed by atoms with Crippen LogP contribution in [0.3, 0.4) is 0 Å². The van der Waals surface area contributed by atoms with Gasteiger partial charge >= 0.3 is 0 Å². The predicted octanol–water partition coefficient (Wildman–Crippen LogP) is 1.81. The van der Waals surface area contributed by atoms with Gasteiger partial charge in [-0.3, -0.25) is 4.79 Å². The molecular formula is C22H27N5O4. The van der Waals surface area contributed by atoms with Crippen molar-refractivity contribution >= 4 is 34.7 Å². The molecule has 0 aromatic carbocycles. The maximum absolute atomic E-state index is 11.4. The van der Waals surface area contributed by atoms with Gasteiger partial charge in [0, 0.05) is 25.1 Å². The van der Waals surface area contributed by atoms with Gasteiger partial charge in [-0.25, -0.2) is 4.98 Å². The zero-order chi connectivity index (χ0) is 21.4. The molecule has 0 N–H and O–H groups in total. The van der Waals surface area contributed by atoms with E-state index in [1.54, 1.807) is 0 Å². The van der Waals surface area contributed by atoms with Crippen LogP contribution in [0.15, 0.2) is 17.9 Å². The minimum absolute atomic E-state index is 0.178. The van der Waals surface area contributed by atoms with E-state index >= 15 is 0 Å². The Balaban J connectivity index is 1.65. The minimum atomic E-state index is 0.178. The first-order valence-corrected chi connectivity index (χ1v) is 10.8. The summed E-state index contributed by atoms with van der Waals surface area (Å²) in [5.74, 6) is 1.90. The van der Waals surface area contributed by atoms with Gasteiger partial charge in [-0.1, -0.05) is 0 Å². The number of carbonyl (C=O) groups excluding carboxylic acids is 1. The number of anilines is 2. The number of ether oxygens (including phenoxy) is 3. The van der Waals surface area contributed by atoms with Gasteiger partial charge in [-0.2, -0.15) is 9.97 Å². The zero-order valence-electron chi connectivity index (χ0n) is 17.9. The first kappa shape index (κ1) is 20.1. The van der Waals surface area contributed by atoms with Crippen LogP contribution < -0.4 is 9.80 Å². The highest BCUT2D eigenvalue weighted by Gasteiger charge is 2.28. The van der Waals surface area contributed by atoms with Crippen LogP contribution >= 0.6 is 0 Å². The monoisotopic (exact) mass is 425 g/mol. The van der Waals surface area contributed by atoms with Gasteiger partial charge in [0.2, 0.25) is 5.95 Å². The molecule has 2 aromatic rings. The molecule has 0 aliphatic carbocycles. The summed E-state index contributed by atoms with van der Waals surface area (Å²) in [7, 11) is 0. The lowest BCUT2D eigenvalue weighted by Crippen LogP contribution is -2.46. The Morgan fingerprint density at radius 2 is 1.71 bits per heavy atom. The fourth-order valence-electron chi connectivity index (χ4n) is 4.40. The maximum Gasteiger partial charge on any atom is 0.229 e. The number of hydrogen-bond donors (Lipinski definition) is 0. The summed E-state index contributed by atoms with van der Waals surface area (Å²) in [6, 6.07) is 4.33. The number of nitrogens with zero attached hydrogens (tertiary/aromatic N) is 5. The summed E-state index contributed by atoms with van der Waals surface area (Å²) in [6.45, 7) is 8.87.